The predicted molar refractivity (Wildman–Crippen MR) is 174 cm³/mol. The number of pyridine rings is 1. The SMILES string of the molecule is CN[C@@H](C)C(=O)N[C@H](C(=O)N1CCC[C@H]1C(=O)Nc1cc2c(Nc3cnc4ccccc4c3)ncnc2cc1OC)C(C)(C)C. The van der Waals surface area contributed by atoms with Gasteiger partial charge in [-0.05, 0) is 50.4 Å². The second kappa shape index (κ2) is 13.0. The summed E-state index contributed by atoms with van der Waals surface area (Å²) in [6.45, 7) is 7.83. The summed E-state index contributed by atoms with van der Waals surface area (Å²) in [7, 11) is 3.21. The normalized spacial score (nSPS) is 16.3. The Bertz CT molecular complexity index is 1740. The number of likely N-dealkylation sites (N-methyl/N-ethyl adjacent to an activating group) is 1. The highest BCUT2D eigenvalue weighted by Gasteiger charge is 2.42. The van der Waals surface area contributed by atoms with Gasteiger partial charge in [0.15, 0.2) is 0 Å². The number of amides is 3. The van der Waals surface area contributed by atoms with Crippen molar-refractivity contribution in [2.45, 2.75) is 58.7 Å². The maximum atomic E-state index is 13.9. The topological polar surface area (TPSA) is 150 Å². The number of hydrogen-bond donors (Lipinski definition) is 4. The molecule has 4 N–H and O–H groups in total. The van der Waals surface area contributed by atoms with Gasteiger partial charge in [0, 0.05) is 23.4 Å². The second-order valence-corrected chi connectivity index (χ2v) is 12.3. The minimum absolute atomic E-state index is 0.280. The molecule has 2 aromatic carbocycles. The van der Waals surface area contributed by atoms with Crippen molar-refractivity contribution in [3.8, 4) is 5.75 Å². The summed E-state index contributed by atoms with van der Waals surface area (Å²) < 4.78 is 5.62. The van der Waals surface area contributed by atoms with Gasteiger partial charge in [-0.3, -0.25) is 19.4 Å². The molecule has 5 rings (SSSR count). The largest absolute Gasteiger partial charge is 0.494 e. The van der Waals surface area contributed by atoms with Crippen LogP contribution in [0.3, 0.4) is 0 Å². The quantitative estimate of drug-likeness (QED) is 0.220. The van der Waals surface area contributed by atoms with Crippen LogP contribution in [-0.2, 0) is 14.4 Å². The van der Waals surface area contributed by atoms with Gasteiger partial charge in [-0.1, -0.05) is 39.0 Å². The van der Waals surface area contributed by atoms with Crippen molar-refractivity contribution in [3.63, 3.8) is 0 Å². The molecule has 0 radical (unpaired) electrons. The minimum Gasteiger partial charge on any atom is -0.494 e. The molecular weight excluding hydrogens is 572 g/mol. The molecule has 1 aliphatic rings. The van der Waals surface area contributed by atoms with Crippen molar-refractivity contribution in [2.24, 2.45) is 5.41 Å². The Morgan fingerprint density at radius 2 is 1.82 bits per heavy atom. The Labute approximate surface area is 262 Å². The summed E-state index contributed by atoms with van der Waals surface area (Å²) in [5.74, 6) is 0.0485. The molecule has 0 unspecified atom stereocenters. The van der Waals surface area contributed by atoms with Crippen LogP contribution in [0.1, 0.15) is 40.5 Å². The first kappa shape index (κ1) is 31.6. The van der Waals surface area contributed by atoms with Gasteiger partial charge in [-0.2, -0.15) is 0 Å². The second-order valence-electron chi connectivity index (χ2n) is 12.3. The fourth-order valence-corrected chi connectivity index (χ4v) is 5.46. The number of anilines is 3. The third-order valence-electron chi connectivity index (χ3n) is 8.13. The summed E-state index contributed by atoms with van der Waals surface area (Å²) in [6.07, 6.45) is 4.36. The van der Waals surface area contributed by atoms with E-state index in [0.29, 0.717) is 47.5 Å². The van der Waals surface area contributed by atoms with Gasteiger partial charge in [-0.15, -0.1) is 0 Å². The molecular formula is C33H40N8O4. The van der Waals surface area contributed by atoms with Crippen molar-refractivity contribution >= 4 is 56.7 Å². The Morgan fingerprint density at radius 3 is 2.56 bits per heavy atom. The number of benzene rings is 2. The molecule has 12 nitrogen and oxygen atoms in total. The fraction of sp³-hybridized carbons (Fsp3) is 0.394. The van der Waals surface area contributed by atoms with Gasteiger partial charge in [0.1, 0.15) is 30.0 Å². The molecule has 12 heteroatoms. The first-order chi connectivity index (χ1) is 21.5. The van der Waals surface area contributed by atoms with Crippen LogP contribution in [0, 0.1) is 5.41 Å². The van der Waals surface area contributed by atoms with Gasteiger partial charge >= 0.3 is 0 Å². The molecule has 2 aromatic heterocycles. The fourth-order valence-electron chi connectivity index (χ4n) is 5.46. The number of hydrogen-bond acceptors (Lipinski definition) is 9. The summed E-state index contributed by atoms with van der Waals surface area (Å²) in [4.78, 5) is 55.3. The third kappa shape index (κ3) is 6.80. The van der Waals surface area contributed by atoms with Crippen molar-refractivity contribution in [3.05, 3.63) is 55.0 Å². The molecule has 45 heavy (non-hydrogen) atoms. The van der Waals surface area contributed by atoms with Gasteiger partial charge < -0.3 is 30.9 Å². The molecule has 1 aliphatic heterocycles. The molecule has 4 aromatic rings. The van der Waals surface area contributed by atoms with E-state index in [1.807, 2.05) is 51.1 Å². The Kier molecular flexibility index (Phi) is 9.14. The van der Waals surface area contributed by atoms with Crippen LogP contribution in [-0.4, -0.2) is 76.4 Å². The van der Waals surface area contributed by atoms with E-state index in [1.54, 1.807) is 37.2 Å². The van der Waals surface area contributed by atoms with Crippen molar-refractivity contribution in [1.82, 2.24) is 30.5 Å². The zero-order valence-corrected chi connectivity index (χ0v) is 26.5. The van der Waals surface area contributed by atoms with E-state index in [1.165, 1.54) is 13.4 Å². The first-order valence-electron chi connectivity index (χ1n) is 15.0. The van der Waals surface area contributed by atoms with Crippen LogP contribution in [0.5, 0.6) is 5.75 Å². The van der Waals surface area contributed by atoms with Crippen LogP contribution in [0.4, 0.5) is 17.2 Å². The number of carbonyl (C=O) groups is 3. The van der Waals surface area contributed by atoms with E-state index >= 15 is 0 Å². The number of carbonyl (C=O) groups excluding carboxylic acids is 3. The van der Waals surface area contributed by atoms with Crippen molar-refractivity contribution < 1.29 is 19.1 Å². The van der Waals surface area contributed by atoms with Crippen LogP contribution < -0.4 is 26.0 Å². The Balaban J connectivity index is 1.40. The number of methoxy groups -OCH3 is 1. The lowest BCUT2D eigenvalue weighted by atomic mass is 9.85. The molecule has 1 fully saturated rings. The minimum atomic E-state index is -0.806. The van der Waals surface area contributed by atoms with Crippen molar-refractivity contribution in [1.29, 1.82) is 0 Å². The van der Waals surface area contributed by atoms with E-state index in [4.69, 9.17) is 4.74 Å². The van der Waals surface area contributed by atoms with Crippen molar-refractivity contribution in [2.75, 3.05) is 31.3 Å². The third-order valence-corrected chi connectivity index (χ3v) is 8.13. The highest BCUT2D eigenvalue weighted by Crippen LogP contribution is 2.34. The molecule has 0 spiro atoms. The summed E-state index contributed by atoms with van der Waals surface area (Å²) in [5, 5.41) is 13.8. The van der Waals surface area contributed by atoms with Crippen LogP contribution >= 0.6 is 0 Å². The molecule has 1 saturated heterocycles. The van der Waals surface area contributed by atoms with Gasteiger partial charge in [0.25, 0.3) is 0 Å². The molecule has 0 aliphatic carbocycles. The Hall–Kier alpha value is -4.84. The standard InChI is InChI=1S/C33H40N8O4/c1-19(34-5)30(42)40-28(33(2,3)4)32(44)41-13-9-12-26(41)31(43)39-25-15-22-24(16-27(25)45-6)36-18-37-29(22)38-21-14-20-10-7-8-11-23(20)35-17-21/h7-8,10-11,14-19,26,28,34H,9,12-13H2,1-6H3,(H,39,43)(H,40,42)(H,36,37,38)/t19-,26-,28+/m0/s1. The van der Waals surface area contributed by atoms with E-state index < -0.39 is 23.5 Å². The summed E-state index contributed by atoms with van der Waals surface area (Å²) in [6, 6.07) is 11.3. The number of ether oxygens (including phenoxy) is 1. The molecule has 236 valence electrons. The molecule has 3 amide bonds. The zero-order chi connectivity index (χ0) is 32.3. The number of rotatable bonds is 9. The number of nitrogens with zero attached hydrogens (tertiary/aromatic N) is 4. The smallest absolute Gasteiger partial charge is 0.247 e. The highest BCUT2D eigenvalue weighted by atomic mass is 16.5. The van der Waals surface area contributed by atoms with Gasteiger partial charge in [0.2, 0.25) is 17.7 Å². The Morgan fingerprint density at radius 1 is 1.04 bits per heavy atom. The first-order valence-corrected chi connectivity index (χ1v) is 15.0. The lowest BCUT2D eigenvalue weighted by Crippen LogP contribution is -2.59. The average Bonchev–Trinajstić information content (AvgIpc) is 3.52. The zero-order valence-electron chi connectivity index (χ0n) is 26.5. The number of nitrogens with one attached hydrogen (secondary N) is 4. The number of fused-ring (bicyclic) bond motifs is 2. The summed E-state index contributed by atoms with van der Waals surface area (Å²) >= 11 is 0. The average molecular weight is 613 g/mol. The molecule has 3 heterocycles. The maximum Gasteiger partial charge on any atom is 0.247 e. The molecule has 0 saturated carbocycles. The van der Waals surface area contributed by atoms with E-state index in [-0.39, 0.29) is 17.7 Å². The molecule has 0 bridgehead atoms. The lowest BCUT2D eigenvalue weighted by molar-refractivity contribution is -0.143. The predicted octanol–water partition coefficient (Wildman–Crippen LogP) is 4.00. The molecule has 3 atom stereocenters. The van der Waals surface area contributed by atoms with E-state index in [9.17, 15) is 14.4 Å². The van der Waals surface area contributed by atoms with Gasteiger partial charge in [0.05, 0.1) is 41.8 Å². The van der Waals surface area contributed by atoms with Crippen LogP contribution in [0.15, 0.2) is 55.0 Å². The summed E-state index contributed by atoms with van der Waals surface area (Å²) in [5.41, 5.74) is 2.10. The maximum absolute atomic E-state index is 13.9. The highest BCUT2D eigenvalue weighted by molar-refractivity contribution is 6.03. The number of para-hydroxylation sites is 1. The number of aromatic nitrogens is 3. The van der Waals surface area contributed by atoms with Gasteiger partial charge in [-0.25, -0.2) is 9.97 Å². The lowest BCUT2D eigenvalue weighted by Gasteiger charge is -2.36. The monoisotopic (exact) mass is 612 g/mol. The van der Waals surface area contributed by atoms with Crippen LogP contribution in [0.25, 0.3) is 21.8 Å². The van der Waals surface area contributed by atoms with Crippen LogP contribution in [0.2, 0.25) is 0 Å². The van der Waals surface area contributed by atoms with E-state index in [2.05, 4.69) is 36.2 Å². The number of likely N-dealkylation sites (tertiary alicyclic amines) is 1. The van der Waals surface area contributed by atoms with E-state index in [0.717, 1.165) is 16.6 Å².